The highest BCUT2D eigenvalue weighted by Crippen LogP contribution is 2.32. The molecule has 2 aromatic carbocycles. The molecule has 0 aliphatic heterocycles. The van der Waals surface area contributed by atoms with Gasteiger partial charge in [-0.2, -0.15) is 0 Å². The summed E-state index contributed by atoms with van der Waals surface area (Å²) in [6, 6.07) is 19.7. The predicted molar refractivity (Wildman–Crippen MR) is 214 cm³/mol. The first-order chi connectivity index (χ1) is 27.3. The maximum atomic E-state index is 14.1. The quantitative estimate of drug-likeness (QED) is 0.120. The summed E-state index contributed by atoms with van der Waals surface area (Å²) in [5.74, 6) is -1.88. The number of hydrogen-bond donors (Lipinski definition) is 0. The van der Waals surface area contributed by atoms with Crippen molar-refractivity contribution in [3.63, 3.8) is 0 Å². The number of carbonyl (C=O) groups is 2. The van der Waals surface area contributed by atoms with Crippen molar-refractivity contribution in [1.29, 1.82) is 0 Å². The molecular formula is C40H36F2N10O2S2. The molecule has 0 spiro atoms. The SMILES string of the molecule is CCCCN(C(=O)c1ccccc1F)c1nnc(-c2ccc3nccn3c2)s1.CCCCN(C(=O)c1ccccc1F)c1nnc(-c2ccn3ccnc3c2)s1. The molecule has 0 aliphatic rings. The van der Waals surface area contributed by atoms with E-state index in [0.717, 1.165) is 48.1 Å². The van der Waals surface area contributed by atoms with Gasteiger partial charge >= 0.3 is 0 Å². The minimum absolute atomic E-state index is 0.0363. The molecule has 0 unspecified atom stereocenters. The van der Waals surface area contributed by atoms with Gasteiger partial charge in [0.05, 0.1) is 11.1 Å². The molecule has 0 radical (unpaired) electrons. The number of fused-ring (bicyclic) bond motifs is 2. The van der Waals surface area contributed by atoms with E-state index in [2.05, 4.69) is 30.4 Å². The Morgan fingerprint density at radius 1 is 0.625 bits per heavy atom. The van der Waals surface area contributed by atoms with Crippen LogP contribution in [-0.2, 0) is 0 Å². The molecule has 0 N–H and O–H groups in total. The third-order valence-corrected chi connectivity index (χ3v) is 10.7. The van der Waals surface area contributed by atoms with E-state index >= 15 is 0 Å². The van der Waals surface area contributed by atoms with E-state index in [9.17, 15) is 18.4 Å². The molecule has 8 aromatic rings. The number of halogens is 2. The number of hydrogen-bond acceptors (Lipinski definition) is 10. The van der Waals surface area contributed by atoms with Crippen molar-refractivity contribution in [2.45, 2.75) is 39.5 Å². The molecule has 0 fully saturated rings. The number of imidazole rings is 2. The Kier molecular flexibility index (Phi) is 11.9. The van der Waals surface area contributed by atoms with E-state index in [1.807, 2.05) is 71.7 Å². The van der Waals surface area contributed by atoms with E-state index in [4.69, 9.17) is 0 Å². The molecule has 56 heavy (non-hydrogen) atoms. The standard InChI is InChI=1S/2C20H18FN5OS/c1-2-3-10-26(19(27)15-6-4-5-7-16(15)21)20-24-23-18(28-20)14-8-11-25-12-9-22-17(25)13-14;1-2-3-11-26(19(27)15-6-4-5-7-16(15)21)20-24-23-18(28-20)14-8-9-17-22-10-12-25(17)13-14/h4-9,11-13H,2-3,10H2,1H3;4-10,12-13H,2-3,11H2,1H3. The van der Waals surface area contributed by atoms with E-state index < -0.39 is 23.4 Å². The Labute approximate surface area is 328 Å². The lowest BCUT2D eigenvalue weighted by molar-refractivity contribution is 0.0974. The highest BCUT2D eigenvalue weighted by molar-refractivity contribution is 7.19. The monoisotopic (exact) mass is 790 g/mol. The first kappa shape index (κ1) is 38.0. The first-order valence-corrected chi connectivity index (χ1v) is 19.6. The lowest BCUT2D eigenvalue weighted by Crippen LogP contribution is -2.32. The molecule has 0 atom stereocenters. The second-order valence-electron chi connectivity index (χ2n) is 12.6. The predicted octanol–water partition coefficient (Wildman–Crippen LogP) is 8.88. The van der Waals surface area contributed by atoms with E-state index in [1.165, 1.54) is 56.7 Å². The van der Waals surface area contributed by atoms with Crippen molar-refractivity contribution >= 4 is 56.0 Å². The molecule has 284 valence electrons. The van der Waals surface area contributed by atoms with Gasteiger partial charge in [0.1, 0.15) is 27.9 Å². The molecule has 2 amide bonds. The van der Waals surface area contributed by atoms with Crippen LogP contribution in [0.15, 0.2) is 110 Å². The topological polar surface area (TPSA) is 127 Å². The number of amides is 2. The fraction of sp³-hybridized carbons (Fsp3) is 0.200. The number of carbonyl (C=O) groups excluding carboxylic acids is 2. The Morgan fingerprint density at radius 3 is 1.73 bits per heavy atom. The van der Waals surface area contributed by atoms with Crippen LogP contribution in [0.5, 0.6) is 0 Å². The Hall–Kier alpha value is -6.26. The Morgan fingerprint density at radius 2 is 1.16 bits per heavy atom. The summed E-state index contributed by atoms with van der Waals surface area (Å²) in [6.45, 7) is 4.99. The number of nitrogens with zero attached hydrogens (tertiary/aromatic N) is 10. The van der Waals surface area contributed by atoms with E-state index in [0.29, 0.717) is 33.4 Å². The molecular weight excluding hydrogens is 755 g/mol. The molecule has 0 aliphatic carbocycles. The maximum Gasteiger partial charge on any atom is 0.263 e. The summed E-state index contributed by atoms with van der Waals surface area (Å²) in [7, 11) is 0. The number of aromatic nitrogens is 8. The van der Waals surface area contributed by atoms with Crippen LogP contribution in [0.1, 0.15) is 60.2 Å². The summed E-state index contributed by atoms with van der Waals surface area (Å²) in [5, 5.41) is 19.2. The van der Waals surface area contributed by atoms with Crippen molar-refractivity contribution < 1.29 is 18.4 Å². The van der Waals surface area contributed by atoms with Gasteiger partial charge in [-0.1, -0.05) is 73.6 Å². The van der Waals surface area contributed by atoms with Gasteiger partial charge in [-0.25, -0.2) is 18.7 Å². The van der Waals surface area contributed by atoms with Gasteiger partial charge in [-0.15, -0.1) is 20.4 Å². The molecule has 12 nitrogen and oxygen atoms in total. The summed E-state index contributed by atoms with van der Waals surface area (Å²) >= 11 is 2.62. The molecule has 6 heterocycles. The minimum Gasteiger partial charge on any atom is -0.307 e. The van der Waals surface area contributed by atoms with Gasteiger partial charge in [-0.3, -0.25) is 19.4 Å². The fourth-order valence-electron chi connectivity index (χ4n) is 5.73. The minimum atomic E-state index is -0.538. The smallest absolute Gasteiger partial charge is 0.263 e. The average Bonchev–Trinajstić information content (AvgIpc) is 4.06. The van der Waals surface area contributed by atoms with Crippen LogP contribution in [0.2, 0.25) is 0 Å². The summed E-state index contributed by atoms with van der Waals surface area (Å²) in [5.41, 5.74) is 3.47. The van der Waals surface area contributed by atoms with Gasteiger partial charge in [0, 0.05) is 61.4 Å². The highest BCUT2D eigenvalue weighted by Gasteiger charge is 2.25. The number of rotatable bonds is 12. The third kappa shape index (κ3) is 8.35. The van der Waals surface area contributed by atoms with Crippen LogP contribution in [0, 0.1) is 11.6 Å². The van der Waals surface area contributed by atoms with Gasteiger partial charge in [-0.05, 0) is 61.4 Å². The van der Waals surface area contributed by atoms with Crippen molar-refractivity contribution in [3.05, 3.63) is 133 Å². The second-order valence-corrected chi connectivity index (χ2v) is 14.5. The second kappa shape index (κ2) is 17.5. The van der Waals surface area contributed by atoms with Crippen LogP contribution in [0.4, 0.5) is 19.0 Å². The zero-order chi connectivity index (χ0) is 39.0. The van der Waals surface area contributed by atoms with Crippen molar-refractivity contribution in [1.82, 2.24) is 39.2 Å². The van der Waals surface area contributed by atoms with Crippen molar-refractivity contribution in [3.8, 4) is 21.1 Å². The number of pyridine rings is 2. The summed E-state index contributed by atoms with van der Waals surface area (Å²) in [4.78, 5) is 37.5. The largest absolute Gasteiger partial charge is 0.307 e. The average molecular weight is 791 g/mol. The molecule has 0 saturated carbocycles. The number of benzene rings is 2. The molecule has 8 rings (SSSR count). The normalized spacial score (nSPS) is 11.1. The lowest BCUT2D eigenvalue weighted by Gasteiger charge is -2.19. The van der Waals surface area contributed by atoms with Crippen molar-refractivity contribution in [2.24, 2.45) is 0 Å². The van der Waals surface area contributed by atoms with Crippen LogP contribution in [0.3, 0.4) is 0 Å². The van der Waals surface area contributed by atoms with E-state index in [-0.39, 0.29) is 11.1 Å². The fourth-order valence-corrected chi connectivity index (χ4v) is 7.46. The van der Waals surface area contributed by atoms with Crippen LogP contribution >= 0.6 is 22.7 Å². The zero-order valence-corrected chi connectivity index (χ0v) is 32.1. The molecule has 16 heteroatoms. The van der Waals surface area contributed by atoms with Crippen LogP contribution in [-0.4, -0.2) is 64.1 Å². The number of anilines is 2. The van der Waals surface area contributed by atoms with Gasteiger partial charge in [0.25, 0.3) is 11.8 Å². The molecule has 0 bridgehead atoms. The van der Waals surface area contributed by atoms with Crippen molar-refractivity contribution in [2.75, 3.05) is 22.9 Å². The van der Waals surface area contributed by atoms with Gasteiger partial charge in [0.2, 0.25) is 10.3 Å². The van der Waals surface area contributed by atoms with Crippen LogP contribution in [0.25, 0.3) is 32.4 Å². The van der Waals surface area contributed by atoms with E-state index in [1.54, 1.807) is 36.7 Å². The zero-order valence-electron chi connectivity index (χ0n) is 30.5. The first-order valence-electron chi connectivity index (χ1n) is 18.0. The lowest BCUT2D eigenvalue weighted by atomic mass is 10.2. The highest BCUT2D eigenvalue weighted by atomic mass is 32.1. The Balaban J connectivity index is 0.000000172. The number of unbranched alkanes of at least 4 members (excludes halogenated alkanes) is 2. The maximum absolute atomic E-state index is 14.1. The summed E-state index contributed by atoms with van der Waals surface area (Å²) in [6.07, 6.45) is 14.4. The molecule has 0 saturated heterocycles. The van der Waals surface area contributed by atoms with Gasteiger partial charge in [0.15, 0.2) is 5.01 Å². The molecule has 6 aromatic heterocycles. The van der Waals surface area contributed by atoms with Crippen LogP contribution < -0.4 is 9.80 Å². The van der Waals surface area contributed by atoms with Gasteiger partial charge < -0.3 is 8.80 Å². The summed E-state index contributed by atoms with van der Waals surface area (Å²) < 4.78 is 32.1. The third-order valence-electron chi connectivity index (χ3n) is 8.74. The Bertz CT molecular complexity index is 2420.